The normalized spacial score (nSPS) is 9.55. The van der Waals surface area contributed by atoms with Gasteiger partial charge in [0.25, 0.3) is 0 Å². The molecule has 0 aromatic heterocycles. The van der Waals surface area contributed by atoms with E-state index in [9.17, 15) is 9.18 Å². The molecule has 0 fully saturated rings. The monoisotopic (exact) mass is 317 g/mol. The molecule has 0 unspecified atom stereocenters. The van der Waals surface area contributed by atoms with Crippen molar-refractivity contribution in [3.63, 3.8) is 0 Å². The molecule has 1 amide bonds. The lowest BCUT2D eigenvalue weighted by Gasteiger charge is -2.04. The van der Waals surface area contributed by atoms with Crippen LogP contribution in [0.15, 0.2) is 48.5 Å². The van der Waals surface area contributed by atoms with Crippen molar-refractivity contribution < 1.29 is 13.9 Å². The van der Waals surface area contributed by atoms with Crippen molar-refractivity contribution in [3.05, 3.63) is 70.5 Å². The minimum Gasteiger partial charge on any atom is -0.445 e. The number of alkyl carbamates (subject to hydrolysis) is 1. The van der Waals surface area contributed by atoms with Gasteiger partial charge < -0.3 is 10.1 Å². The molecule has 0 aliphatic heterocycles. The molecule has 0 spiro atoms. The van der Waals surface area contributed by atoms with Crippen LogP contribution < -0.4 is 5.32 Å². The van der Waals surface area contributed by atoms with Crippen LogP contribution in [-0.4, -0.2) is 12.6 Å². The lowest BCUT2D eigenvalue weighted by molar-refractivity contribution is 0.141. The highest BCUT2D eigenvalue weighted by molar-refractivity contribution is 6.31. The number of benzene rings is 2. The number of halogens is 2. The van der Waals surface area contributed by atoms with Gasteiger partial charge in [-0.2, -0.15) is 0 Å². The summed E-state index contributed by atoms with van der Waals surface area (Å²) in [7, 11) is 0. The zero-order valence-corrected chi connectivity index (χ0v) is 12.4. The summed E-state index contributed by atoms with van der Waals surface area (Å²) in [5.41, 5.74) is 1.01. The average Bonchev–Trinajstić information content (AvgIpc) is 2.53. The molecule has 5 heteroatoms. The number of hydrogen-bond acceptors (Lipinski definition) is 2. The van der Waals surface area contributed by atoms with Gasteiger partial charge in [0.2, 0.25) is 0 Å². The molecule has 0 aliphatic carbocycles. The van der Waals surface area contributed by atoms with Crippen LogP contribution in [0.3, 0.4) is 0 Å². The quantitative estimate of drug-likeness (QED) is 0.875. The van der Waals surface area contributed by atoms with Crippen molar-refractivity contribution in [3.8, 4) is 11.8 Å². The van der Waals surface area contributed by atoms with Crippen LogP contribution in [0.2, 0.25) is 5.02 Å². The van der Waals surface area contributed by atoms with Crippen molar-refractivity contribution in [2.75, 3.05) is 6.54 Å². The molecule has 0 aliphatic rings. The zero-order chi connectivity index (χ0) is 15.8. The van der Waals surface area contributed by atoms with E-state index >= 15 is 0 Å². The molecular weight excluding hydrogens is 305 g/mol. The Bertz CT molecular complexity index is 687. The Hall–Kier alpha value is -2.51. The van der Waals surface area contributed by atoms with E-state index in [1.807, 2.05) is 30.3 Å². The van der Waals surface area contributed by atoms with Crippen molar-refractivity contribution in [1.29, 1.82) is 0 Å². The predicted molar refractivity (Wildman–Crippen MR) is 82.9 cm³/mol. The van der Waals surface area contributed by atoms with Gasteiger partial charge in [0.15, 0.2) is 0 Å². The highest BCUT2D eigenvalue weighted by Gasteiger charge is 2.03. The third-order valence-corrected chi connectivity index (χ3v) is 3.02. The van der Waals surface area contributed by atoms with E-state index in [1.54, 1.807) is 6.07 Å². The standard InChI is InChI=1S/C17H13ClFNO2/c18-15-9-4-10-16(19)14(15)8-5-11-20-17(21)22-12-13-6-2-1-3-7-13/h1-4,6-7,9-10H,11-12H2,(H,20,21). The molecule has 0 radical (unpaired) electrons. The lowest BCUT2D eigenvalue weighted by Crippen LogP contribution is -2.24. The molecule has 0 saturated carbocycles. The van der Waals surface area contributed by atoms with Crippen LogP contribution in [0.25, 0.3) is 0 Å². The first-order valence-electron chi connectivity index (χ1n) is 6.54. The molecule has 0 saturated heterocycles. The Morgan fingerprint density at radius 3 is 2.68 bits per heavy atom. The van der Waals surface area contributed by atoms with Gasteiger partial charge in [-0.25, -0.2) is 9.18 Å². The van der Waals surface area contributed by atoms with Gasteiger partial charge in [-0.05, 0) is 17.7 Å². The smallest absolute Gasteiger partial charge is 0.408 e. The lowest BCUT2D eigenvalue weighted by atomic mass is 10.2. The van der Waals surface area contributed by atoms with E-state index < -0.39 is 11.9 Å². The molecule has 0 bridgehead atoms. The highest BCUT2D eigenvalue weighted by Crippen LogP contribution is 2.17. The van der Waals surface area contributed by atoms with E-state index in [-0.39, 0.29) is 23.7 Å². The van der Waals surface area contributed by atoms with Crippen LogP contribution in [0.5, 0.6) is 0 Å². The molecule has 0 heterocycles. The Kier molecular flexibility index (Phi) is 5.81. The summed E-state index contributed by atoms with van der Waals surface area (Å²) in [5.74, 6) is 4.72. The van der Waals surface area contributed by atoms with Crippen LogP contribution in [0.1, 0.15) is 11.1 Å². The molecule has 1 N–H and O–H groups in total. The average molecular weight is 318 g/mol. The SMILES string of the molecule is O=C(NCC#Cc1c(F)cccc1Cl)OCc1ccccc1. The number of amides is 1. The number of hydrogen-bond donors (Lipinski definition) is 1. The first kappa shape index (κ1) is 15.9. The number of rotatable bonds is 3. The predicted octanol–water partition coefficient (Wildman–Crippen LogP) is 3.76. The van der Waals surface area contributed by atoms with Gasteiger partial charge in [0.05, 0.1) is 17.1 Å². The molecule has 2 aromatic rings. The summed E-state index contributed by atoms with van der Waals surface area (Å²) < 4.78 is 18.5. The molecular formula is C17H13ClFNO2. The van der Waals surface area contributed by atoms with Gasteiger partial charge in [0.1, 0.15) is 12.4 Å². The largest absolute Gasteiger partial charge is 0.445 e. The Balaban J connectivity index is 1.79. The summed E-state index contributed by atoms with van der Waals surface area (Å²) in [6.45, 7) is 0.220. The first-order valence-corrected chi connectivity index (χ1v) is 6.92. The summed E-state index contributed by atoms with van der Waals surface area (Å²) >= 11 is 5.83. The Morgan fingerprint density at radius 1 is 1.18 bits per heavy atom. The maximum Gasteiger partial charge on any atom is 0.408 e. The van der Waals surface area contributed by atoms with E-state index in [4.69, 9.17) is 16.3 Å². The second-order valence-electron chi connectivity index (χ2n) is 4.31. The van der Waals surface area contributed by atoms with Crippen LogP contribution in [-0.2, 0) is 11.3 Å². The summed E-state index contributed by atoms with van der Waals surface area (Å²) in [5, 5.41) is 2.70. The fraction of sp³-hybridized carbons (Fsp3) is 0.118. The zero-order valence-electron chi connectivity index (χ0n) is 11.6. The maximum atomic E-state index is 13.4. The van der Waals surface area contributed by atoms with Crippen LogP contribution in [0.4, 0.5) is 9.18 Å². The second kappa shape index (κ2) is 8.06. The molecule has 0 atom stereocenters. The minimum absolute atomic E-state index is 0.0400. The second-order valence-corrected chi connectivity index (χ2v) is 4.72. The first-order chi connectivity index (χ1) is 10.7. The van der Waals surface area contributed by atoms with Gasteiger partial charge in [-0.3, -0.25) is 0 Å². The van der Waals surface area contributed by atoms with Crippen molar-refractivity contribution in [1.82, 2.24) is 5.32 Å². The third kappa shape index (κ3) is 4.80. The topological polar surface area (TPSA) is 38.3 Å². The van der Waals surface area contributed by atoms with E-state index in [1.165, 1.54) is 12.1 Å². The molecule has 112 valence electrons. The van der Waals surface area contributed by atoms with Gasteiger partial charge in [-0.15, -0.1) is 0 Å². The van der Waals surface area contributed by atoms with E-state index in [2.05, 4.69) is 17.2 Å². The Morgan fingerprint density at radius 2 is 1.95 bits per heavy atom. The Labute approximate surface area is 133 Å². The third-order valence-electron chi connectivity index (χ3n) is 2.71. The molecule has 22 heavy (non-hydrogen) atoms. The number of carbonyl (C=O) groups is 1. The molecule has 3 nitrogen and oxygen atoms in total. The van der Waals surface area contributed by atoms with Gasteiger partial charge in [0, 0.05) is 0 Å². The maximum absolute atomic E-state index is 13.4. The van der Waals surface area contributed by atoms with E-state index in [0.29, 0.717) is 0 Å². The van der Waals surface area contributed by atoms with Crippen molar-refractivity contribution in [2.24, 2.45) is 0 Å². The fourth-order valence-electron chi connectivity index (χ4n) is 1.64. The van der Waals surface area contributed by atoms with Crippen LogP contribution >= 0.6 is 11.6 Å². The summed E-state index contributed by atoms with van der Waals surface area (Å²) in [6.07, 6.45) is -0.585. The minimum atomic E-state index is -0.585. The molecule has 2 rings (SSSR count). The number of carbonyl (C=O) groups excluding carboxylic acids is 1. The summed E-state index contributed by atoms with van der Waals surface area (Å²) in [6, 6.07) is 13.6. The fourth-order valence-corrected chi connectivity index (χ4v) is 1.85. The van der Waals surface area contributed by atoms with E-state index in [0.717, 1.165) is 5.56 Å². The summed E-state index contributed by atoms with van der Waals surface area (Å²) in [4.78, 5) is 11.5. The molecule has 2 aromatic carbocycles. The van der Waals surface area contributed by atoms with Gasteiger partial charge >= 0.3 is 6.09 Å². The number of ether oxygens (including phenoxy) is 1. The van der Waals surface area contributed by atoms with Crippen molar-refractivity contribution in [2.45, 2.75) is 6.61 Å². The van der Waals surface area contributed by atoms with Crippen molar-refractivity contribution >= 4 is 17.7 Å². The van der Waals surface area contributed by atoms with Gasteiger partial charge in [-0.1, -0.05) is 59.8 Å². The number of nitrogens with one attached hydrogen (secondary N) is 1. The highest BCUT2D eigenvalue weighted by atomic mass is 35.5. The van der Waals surface area contributed by atoms with Crippen LogP contribution in [0, 0.1) is 17.7 Å².